The van der Waals surface area contributed by atoms with Crippen molar-refractivity contribution in [2.24, 2.45) is 5.73 Å². The van der Waals surface area contributed by atoms with Crippen LogP contribution in [0.25, 0.3) is 0 Å². The third kappa shape index (κ3) is 21.9. The molecule has 0 heterocycles. The number of unbranched alkanes of at least 4 members (excludes halogenated alkanes) is 16. The van der Waals surface area contributed by atoms with E-state index in [4.69, 9.17) is 15.9 Å². The van der Waals surface area contributed by atoms with Gasteiger partial charge in [-0.05, 0) is 25.8 Å². The van der Waals surface area contributed by atoms with E-state index in [2.05, 4.69) is 0 Å². The molecule has 0 aliphatic heterocycles. The molecule has 0 aliphatic carbocycles. The minimum absolute atomic E-state index is 0.535. The van der Waals surface area contributed by atoms with E-state index in [0.717, 1.165) is 19.4 Å². The van der Waals surface area contributed by atoms with Crippen molar-refractivity contribution in [3.63, 3.8) is 0 Å². The number of hydrogen-bond donors (Lipinski definition) is 3. The van der Waals surface area contributed by atoms with Crippen molar-refractivity contribution in [2.45, 2.75) is 122 Å². The lowest BCUT2D eigenvalue weighted by Gasteiger charge is -2.04. The average molecular weight is 330 g/mol. The number of rotatable bonds is 19. The summed E-state index contributed by atoms with van der Waals surface area (Å²) in [6.07, 6.45) is 22.0. The Kier molecular flexibility index (Phi) is 19.8. The van der Waals surface area contributed by atoms with Gasteiger partial charge in [-0.2, -0.15) is 0 Å². The molecule has 0 saturated carbocycles. The normalized spacial score (nSPS) is 11.5. The molecule has 4 N–H and O–H groups in total. The van der Waals surface area contributed by atoms with Crippen LogP contribution in [0.4, 0.5) is 0 Å². The summed E-state index contributed by atoms with van der Waals surface area (Å²) in [4.78, 5) is 0. The van der Waals surface area contributed by atoms with Gasteiger partial charge in [-0.25, -0.2) is 0 Å². The Hall–Kier alpha value is -0.120. The summed E-state index contributed by atoms with van der Waals surface area (Å²) in [5.74, 6) is 0. The minimum atomic E-state index is -1.11. The lowest BCUT2D eigenvalue weighted by Crippen LogP contribution is -2.02. The van der Waals surface area contributed by atoms with Crippen LogP contribution in [0.1, 0.15) is 116 Å². The van der Waals surface area contributed by atoms with Gasteiger partial charge in [0.1, 0.15) is 0 Å². The van der Waals surface area contributed by atoms with E-state index in [1.54, 1.807) is 0 Å². The van der Waals surface area contributed by atoms with Gasteiger partial charge in [0.05, 0.1) is 0 Å². The van der Waals surface area contributed by atoms with E-state index in [1.807, 2.05) is 0 Å². The Morgan fingerprint density at radius 2 is 0.696 bits per heavy atom. The van der Waals surface area contributed by atoms with E-state index >= 15 is 0 Å². The maximum absolute atomic E-state index is 8.74. The first-order valence-electron chi connectivity index (χ1n) is 10.3. The van der Waals surface area contributed by atoms with E-state index in [0.29, 0.717) is 6.42 Å². The van der Waals surface area contributed by atoms with Crippen molar-refractivity contribution in [2.75, 3.05) is 6.54 Å². The molecular weight excluding hydrogens is 286 g/mol. The van der Waals surface area contributed by atoms with Crippen molar-refractivity contribution in [1.82, 2.24) is 0 Å². The second-order valence-corrected chi connectivity index (χ2v) is 7.07. The van der Waals surface area contributed by atoms with Gasteiger partial charge in [0.15, 0.2) is 6.29 Å². The van der Waals surface area contributed by atoms with Gasteiger partial charge in [0.25, 0.3) is 0 Å². The standard InChI is InChI=1S/C20H43NO2/c21-19-17-15-13-11-9-7-5-3-1-2-4-6-8-10-12-14-16-18-20(22)23/h20,22-23H,1-19,21H2. The lowest BCUT2D eigenvalue weighted by atomic mass is 10.0. The van der Waals surface area contributed by atoms with Gasteiger partial charge in [0.2, 0.25) is 0 Å². The van der Waals surface area contributed by atoms with E-state index < -0.39 is 6.29 Å². The summed E-state index contributed by atoms with van der Waals surface area (Å²) in [7, 11) is 0. The first kappa shape index (κ1) is 22.9. The van der Waals surface area contributed by atoms with Gasteiger partial charge < -0.3 is 15.9 Å². The number of hydrogen-bond acceptors (Lipinski definition) is 3. The van der Waals surface area contributed by atoms with E-state index in [9.17, 15) is 0 Å². The van der Waals surface area contributed by atoms with Crippen LogP contribution in [-0.2, 0) is 0 Å². The van der Waals surface area contributed by atoms with Crippen LogP contribution < -0.4 is 5.73 Å². The molecule has 0 saturated heterocycles. The molecule has 0 aliphatic rings. The summed E-state index contributed by atoms with van der Waals surface area (Å²) in [5, 5.41) is 17.5. The zero-order valence-electron chi connectivity index (χ0n) is 15.5. The van der Waals surface area contributed by atoms with Crippen LogP contribution in [0.5, 0.6) is 0 Å². The van der Waals surface area contributed by atoms with Gasteiger partial charge >= 0.3 is 0 Å². The molecule has 0 amide bonds. The quantitative estimate of drug-likeness (QED) is 0.223. The molecule has 0 rings (SSSR count). The molecule has 0 spiro atoms. The molecule has 0 atom stereocenters. The summed E-state index contributed by atoms with van der Waals surface area (Å²) < 4.78 is 0. The average Bonchev–Trinajstić information content (AvgIpc) is 2.53. The fraction of sp³-hybridized carbons (Fsp3) is 1.00. The summed E-state index contributed by atoms with van der Waals surface area (Å²) in [5.41, 5.74) is 5.49. The van der Waals surface area contributed by atoms with Crippen LogP contribution in [0.15, 0.2) is 0 Å². The van der Waals surface area contributed by atoms with Crippen LogP contribution in [0.2, 0.25) is 0 Å². The highest BCUT2D eigenvalue weighted by Gasteiger charge is 1.97. The fourth-order valence-corrected chi connectivity index (χ4v) is 3.12. The van der Waals surface area contributed by atoms with Crippen LogP contribution >= 0.6 is 0 Å². The molecule has 23 heavy (non-hydrogen) atoms. The van der Waals surface area contributed by atoms with Gasteiger partial charge in [-0.1, -0.05) is 96.3 Å². The molecule has 0 aromatic rings. The molecule has 0 bridgehead atoms. The summed E-state index contributed by atoms with van der Waals surface area (Å²) in [6.45, 7) is 0.855. The maximum Gasteiger partial charge on any atom is 0.151 e. The Morgan fingerprint density at radius 1 is 0.435 bits per heavy atom. The molecule has 0 fully saturated rings. The predicted octanol–water partition coefficient (Wildman–Crippen LogP) is 5.28. The third-order valence-corrected chi connectivity index (χ3v) is 4.67. The molecule has 0 radical (unpaired) electrons. The summed E-state index contributed by atoms with van der Waals surface area (Å²) >= 11 is 0. The van der Waals surface area contributed by atoms with E-state index in [-0.39, 0.29) is 0 Å². The molecule has 140 valence electrons. The highest BCUT2D eigenvalue weighted by atomic mass is 16.5. The van der Waals surface area contributed by atoms with Crippen molar-refractivity contribution in [1.29, 1.82) is 0 Å². The molecule has 0 aromatic carbocycles. The maximum atomic E-state index is 8.74. The Balaban J connectivity index is 2.95. The van der Waals surface area contributed by atoms with E-state index in [1.165, 1.54) is 96.3 Å². The number of aliphatic hydroxyl groups excluding tert-OH is 1. The largest absolute Gasteiger partial charge is 0.368 e. The van der Waals surface area contributed by atoms with Gasteiger partial charge in [-0.3, -0.25) is 0 Å². The van der Waals surface area contributed by atoms with Crippen molar-refractivity contribution in [3.05, 3.63) is 0 Å². The molecule has 0 unspecified atom stereocenters. The van der Waals surface area contributed by atoms with Crippen LogP contribution in [0.3, 0.4) is 0 Å². The Bertz CT molecular complexity index is 210. The second-order valence-electron chi connectivity index (χ2n) is 7.07. The molecule has 0 aromatic heterocycles. The Labute approximate surface area is 145 Å². The van der Waals surface area contributed by atoms with Gasteiger partial charge in [-0.15, -0.1) is 0 Å². The highest BCUT2D eigenvalue weighted by molar-refractivity contribution is 4.51. The SMILES string of the molecule is NCCCCCCCCCCCCCCCCCCCC(O)O. The minimum Gasteiger partial charge on any atom is -0.368 e. The lowest BCUT2D eigenvalue weighted by molar-refractivity contribution is -0.0466. The van der Waals surface area contributed by atoms with Crippen molar-refractivity contribution in [3.8, 4) is 0 Å². The fourth-order valence-electron chi connectivity index (χ4n) is 3.12. The smallest absolute Gasteiger partial charge is 0.151 e. The van der Waals surface area contributed by atoms with Crippen LogP contribution in [0, 0.1) is 0 Å². The predicted molar refractivity (Wildman–Crippen MR) is 100 cm³/mol. The van der Waals surface area contributed by atoms with Crippen molar-refractivity contribution >= 4 is 0 Å². The first-order valence-corrected chi connectivity index (χ1v) is 10.3. The number of nitrogens with two attached hydrogens (primary N) is 1. The van der Waals surface area contributed by atoms with Gasteiger partial charge in [0, 0.05) is 0 Å². The first-order chi connectivity index (χ1) is 11.3. The zero-order valence-corrected chi connectivity index (χ0v) is 15.5. The Morgan fingerprint density at radius 3 is 0.957 bits per heavy atom. The second kappa shape index (κ2) is 19.9. The van der Waals surface area contributed by atoms with Crippen molar-refractivity contribution < 1.29 is 10.2 Å². The monoisotopic (exact) mass is 329 g/mol. The third-order valence-electron chi connectivity index (χ3n) is 4.67. The number of aliphatic hydroxyl groups is 2. The summed E-state index contributed by atoms with van der Waals surface area (Å²) in [6, 6.07) is 0. The molecule has 3 nitrogen and oxygen atoms in total. The zero-order chi connectivity index (χ0) is 17.0. The topological polar surface area (TPSA) is 66.5 Å². The molecular formula is C20H43NO2. The highest BCUT2D eigenvalue weighted by Crippen LogP contribution is 2.14. The van der Waals surface area contributed by atoms with Crippen LogP contribution in [-0.4, -0.2) is 23.0 Å². The molecule has 3 heteroatoms.